The lowest BCUT2D eigenvalue weighted by Crippen LogP contribution is -2.18. The van der Waals surface area contributed by atoms with Gasteiger partial charge in [0, 0.05) is 0 Å². The Hall–Kier alpha value is 0. The number of rotatable bonds is 5. The van der Waals surface area contributed by atoms with Crippen molar-refractivity contribution in [3.63, 3.8) is 0 Å². The molecule has 3 unspecified atom stereocenters. The summed E-state index contributed by atoms with van der Waals surface area (Å²) in [7, 11) is 0. The first-order valence-corrected chi connectivity index (χ1v) is 6.35. The highest BCUT2D eigenvalue weighted by atomic mass is 14.7. The van der Waals surface area contributed by atoms with Gasteiger partial charge in [0.25, 0.3) is 0 Å². The highest BCUT2D eigenvalue weighted by molar-refractivity contribution is 5.11. The summed E-state index contributed by atoms with van der Waals surface area (Å²) < 4.78 is 0. The summed E-state index contributed by atoms with van der Waals surface area (Å²) in [4.78, 5) is 0. The van der Waals surface area contributed by atoms with E-state index in [-0.39, 0.29) is 0 Å². The molecule has 0 aromatic heterocycles. The lowest BCUT2D eigenvalue weighted by atomic mass is 9.79. The van der Waals surface area contributed by atoms with Crippen LogP contribution in [-0.2, 0) is 0 Å². The summed E-state index contributed by atoms with van der Waals surface area (Å²) in [6.07, 6.45) is 5.62. The number of hydrogen-bond donors (Lipinski definition) is 0. The molecular formula is C14H28. The molecule has 1 saturated carbocycles. The van der Waals surface area contributed by atoms with Crippen LogP contribution in [0.2, 0.25) is 0 Å². The lowest BCUT2D eigenvalue weighted by molar-refractivity contribution is 0.233. The van der Waals surface area contributed by atoms with Crippen LogP contribution in [-0.4, -0.2) is 0 Å². The maximum Gasteiger partial charge on any atom is -0.0241 e. The molecule has 0 amide bonds. The fourth-order valence-electron chi connectivity index (χ4n) is 3.49. The third kappa shape index (κ3) is 1.99. The van der Waals surface area contributed by atoms with Crippen LogP contribution in [0, 0.1) is 22.7 Å². The zero-order valence-electron chi connectivity index (χ0n) is 11.0. The highest BCUT2D eigenvalue weighted by Crippen LogP contribution is 2.70. The molecule has 0 heteroatoms. The van der Waals surface area contributed by atoms with Gasteiger partial charge < -0.3 is 0 Å². The zero-order valence-corrected chi connectivity index (χ0v) is 11.0. The highest BCUT2D eigenvalue weighted by Gasteiger charge is 2.62. The van der Waals surface area contributed by atoms with Crippen molar-refractivity contribution in [3.05, 3.63) is 0 Å². The van der Waals surface area contributed by atoms with Gasteiger partial charge in [0.2, 0.25) is 0 Å². The van der Waals surface area contributed by atoms with Gasteiger partial charge in [-0.1, -0.05) is 54.4 Å². The van der Waals surface area contributed by atoms with E-state index in [0.717, 1.165) is 11.8 Å². The van der Waals surface area contributed by atoms with Gasteiger partial charge >= 0.3 is 0 Å². The van der Waals surface area contributed by atoms with Crippen molar-refractivity contribution in [1.29, 1.82) is 0 Å². The first-order chi connectivity index (χ1) is 6.35. The molecule has 1 fully saturated rings. The second-order valence-corrected chi connectivity index (χ2v) is 6.44. The van der Waals surface area contributed by atoms with E-state index in [1.165, 1.54) is 25.7 Å². The van der Waals surface area contributed by atoms with Gasteiger partial charge in [-0.15, -0.1) is 0 Å². The van der Waals surface area contributed by atoms with E-state index in [1.54, 1.807) is 0 Å². The van der Waals surface area contributed by atoms with Crippen LogP contribution in [0.3, 0.4) is 0 Å². The summed E-state index contributed by atoms with van der Waals surface area (Å²) in [6.45, 7) is 14.5. The topological polar surface area (TPSA) is 0 Å². The SMILES string of the molecule is CCCC(C)C1(C)CC1(C)CC(C)C. The van der Waals surface area contributed by atoms with E-state index in [0.29, 0.717) is 10.8 Å². The van der Waals surface area contributed by atoms with Crippen molar-refractivity contribution in [2.45, 2.75) is 67.2 Å². The van der Waals surface area contributed by atoms with E-state index in [9.17, 15) is 0 Å². The van der Waals surface area contributed by atoms with Crippen molar-refractivity contribution >= 4 is 0 Å². The fraction of sp³-hybridized carbons (Fsp3) is 1.00. The summed E-state index contributed by atoms with van der Waals surface area (Å²) >= 11 is 0. The Bertz CT molecular complexity index is 194. The molecule has 0 heterocycles. The minimum absolute atomic E-state index is 0.646. The maximum atomic E-state index is 2.51. The van der Waals surface area contributed by atoms with Gasteiger partial charge in [-0.25, -0.2) is 0 Å². The van der Waals surface area contributed by atoms with Crippen LogP contribution in [0.1, 0.15) is 67.2 Å². The quantitative estimate of drug-likeness (QED) is 0.587. The van der Waals surface area contributed by atoms with Crippen molar-refractivity contribution in [2.75, 3.05) is 0 Å². The first kappa shape index (κ1) is 12.1. The molecule has 1 rings (SSSR count). The minimum Gasteiger partial charge on any atom is -0.0654 e. The van der Waals surface area contributed by atoms with Crippen LogP contribution in [0.15, 0.2) is 0 Å². The summed E-state index contributed by atoms with van der Waals surface area (Å²) in [6, 6.07) is 0. The number of hydrogen-bond acceptors (Lipinski definition) is 0. The molecule has 1 aliphatic carbocycles. The monoisotopic (exact) mass is 196 g/mol. The maximum absolute atomic E-state index is 2.51. The summed E-state index contributed by atoms with van der Waals surface area (Å²) in [5.41, 5.74) is 1.29. The fourth-order valence-corrected chi connectivity index (χ4v) is 3.49. The van der Waals surface area contributed by atoms with Gasteiger partial charge in [0.05, 0.1) is 0 Å². The molecule has 0 saturated heterocycles. The second-order valence-electron chi connectivity index (χ2n) is 6.44. The molecule has 0 bridgehead atoms. The van der Waals surface area contributed by atoms with Crippen LogP contribution in [0.4, 0.5) is 0 Å². The summed E-state index contributed by atoms with van der Waals surface area (Å²) in [5.74, 6) is 1.77. The second kappa shape index (κ2) is 3.87. The molecule has 0 N–H and O–H groups in total. The van der Waals surface area contributed by atoms with Gasteiger partial charge in [-0.05, 0) is 35.5 Å². The predicted octanol–water partition coefficient (Wildman–Crippen LogP) is 4.89. The molecule has 0 aliphatic heterocycles. The molecular weight excluding hydrogens is 168 g/mol. The summed E-state index contributed by atoms with van der Waals surface area (Å²) in [5, 5.41) is 0. The van der Waals surface area contributed by atoms with E-state index in [4.69, 9.17) is 0 Å². The Kier molecular flexibility index (Phi) is 3.33. The van der Waals surface area contributed by atoms with Crippen molar-refractivity contribution < 1.29 is 0 Å². The van der Waals surface area contributed by atoms with E-state index < -0.39 is 0 Å². The van der Waals surface area contributed by atoms with Gasteiger partial charge in [-0.2, -0.15) is 0 Å². The van der Waals surface area contributed by atoms with Crippen LogP contribution in [0.25, 0.3) is 0 Å². The van der Waals surface area contributed by atoms with Gasteiger partial charge in [-0.3, -0.25) is 0 Å². The van der Waals surface area contributed by atoms with E-state index in [1.807, 2.05) is 0 Å². The Morgan fingerprint density at radius 1 is 1.14 bits per heavy atom. The van der Waals surface area contributed by atoms with Crippen molar-refractivity contribution in [2.24, 2.45) is 22.7 Å². The van der Waals surface area contributed by atoms with Crippen LogP contribution < -0.4 is 0 Å². The molecule has 0 radical (unpaired) electrons. The van der Waals surface area contributed by atoms with E-state index in [2.05, 4.69) is 41.5 Å². The smallest absolute Gasteiger partial charge is 0.0241 e. The standard InChI is InChI=1S/C14H28/c1-7-8-12(4)14(6)10-13(14,5)9-11(2)3/h11-12H,7-10H2,1-6H3. The van der Waals surface area contributed by atoms with Gasteiger partial charge in [0.1, 0.15) is 0 Å². The molecule has 1 aliphatic rings. The third-order valence-electron chi connectivity index (χ3n) is 4.68. The molecule has 0 nitrogen and oxygen atoms in total. The van der Waals surface area contributed by atoms with Crippen LogP contribution >= 0.6 is 0 Å². The van der Waals surface area contributed by atoms with Crippen molar-refractivity contribution in [3.8, 4) is 0 Å². The Labute approximate surface area is 90.5 Å². The predicted molar refractivity (Wildman–Crippen MR) is 64.4 cm³/mol. The normalized spacial score (nSPS) is 38.8. The molecule has 0 aromatic rings. The molecule has 0 spiro atoms. The molecule has 14 heavy (non-hydrogen) atoms. The largest absolute Gasteiger partial charge is 0.0654 e. The third-order valence-corrected chi connectivity index (χ3v) is 4.68. The van der Waals surface area contributed by atoms with Crippen molar-refractivity contribution in [1.82, 2.24) is 0 Å². The Balaban J connectivity index is 2.55. The molecule has 3 atom stereocenters. The zero-order chi connectivity index (χ0) is 11.0. The Morgan fingerprint density at radius 3 is 2.14 bits per heavy atom. The van der Waals surface area contributed by atoms with E-state index >= 15 is 0 Å². The van der Waals surface area contributed by atoms with Crippen LogP contribution in [0.5, 0.6) is 0 Å². The van der Waals surface area contributed by atoms with Gasteiger partial charge in [0.15, 0.2) is 0 Å². The molecule has 84 valence electrons. The Morgan fingerprint density at radius 2 is 1.71 bits per heavy atom. The first-order valence-electron chi connectivity index (χ1n) is 6.35. The molecule has 0 aromatic carbocycles. The average molecular weight is 196 g/mol. The minimum atomic E-state index is 0.646. The lowest BCUT2D eigenvalue weighted by Gasteiger charge is -2.26. The average Bonchev–Trinajstić information content (AvgIpc) is 2.54.